The third kappa shape index (κ3) is 3.97. The Morgan fingerprint density at radius 2 is 1.51 bits per heavy atom. The summed E-state index contributed by atoms with van der Waals surface area (Å²) in [5, 5.41) is 24.2. The molecule has 11 nitrogen and oxygen atoms in total. The Labute approximate surface area is 215 Å². The maximum absolute atomic E-state index is 12.8. The molecule has 0 amide bonds. The van der Waals surface area contributed by atoms with Crippen molar-refractivity contribution in [1.82, 2.24) is 0 Å². The maximum atomic E-state index is 12.8. The monoisotopic (exact) mass is 524 g/mol. The van der Waals surface area contributed by atoms with E-state index >= 15 is 0 Å². The summed E-state index contributed by atoms with van der Waals surface area (Å²) in [7, 11) is 0. The second-order valence-electron chi connectivity index (χ2n) is 11.4. The van der Waals surface area contributed by atoms with Crippen LogP contribution in [0.2, 0.25) is 0 Å². The molecule has 1 saturated carbocycles. The molecule has 2 N–H and O–H groups in total. The molecule has 0 aromatic heterocycles. The molecule has 0 aromatic rings. The molecule has 2 aliphatic heterocycles. The first-order valence-corrected chi connectivity index (χ1v) is 12.5. The van der Waals surface area contributed by atoms with E-state index in [0.29, 0.717) is 6.42 Å². The van der Waals surface area contributed by atoms with Gasteiger partial charge in [0, 0.05) is 33.1 Å². The summed E-state index contributed by atoms with van der Waals surface area (Å²) in [5.41, 5.74) is -5.57. The van der Waals surface area contributed by atoms with Gasteiger partial charge in [-0.1, -0.05) is 12.5 Å². The first-order valence-electron chi connectivity index (χ1n) is 12.5. The standard InChI is InChI=1S/C26H36O11/c1-12-8-9-16(33-13(2)27)23(5)17(34-14(3)28)11-18(35-15(4)29)24(6,32)20(23)21(30)26-19(10-12)36-22(31)25(26,7)37-26/h10,16-21,30,32H,8-9,11H2,1-7H3/b12-10+/t16-,17?,18-,19-,20+,21-,23-,24-,25-,26-/m0/s1. The number of hydrogen-bond acceptors (Lipinski definition) is 11. The zero-order valence-corrected chi connectivity index (χ0v) is 22.2. The summed E-state index contributed by atoms with van der Waals surface area (Å²) in [4.78, 5) is 49.3. The van der Waals surface area contributed by atoms with Crippen LogP contribution < -0.4 is 0 Å². The van der Waals surface area contributed by atoms with Crippen LogP contribution in [-0.2, 0) is 42.9 Å². The minimum Gasteiger partial charge on any atom is -0.462 e. The molecule has 2 saturated heterocycles. The highest BCUT2D eigenvalue weighted by atomic mass is 16.7. The molecule has 4 aliphatic rings. The molecule has 0 aromatic carbocycles. The first kappa shape index (κ1) is 27.5. The van der Waals surface area contributed by atoms with E-state index in [0.717, 1.165) is 5.57 Å². The molecule has 2 aliphatic carbocycles. The van der Waals surface area contributed by atoms with E-state index in [9.17, 15) is 29.4 Å². The van der Waals surface area contributed by atoms with Crippen LogP contribution in [0.25, 0.3) is 0 Å². The summed E-state index contributed by atoms with van der Waals surface area (Å²) in [6.45, 7) is 10.1. The molecule has 1 spiro atoms. The lowest BCUT2D eigenvalue weighted by atomic mass is 9.51. The molecule has 0 bridgehead atoms. The Kier molecular flexibility index (Phi) is 6.53. The van der Waals surface area contributed by atoms with Gasteiger partial charge in [-0.3, -0.25) is 14.4 Å². The number of fused-ring (bicyclic) bond motifs is 1. The predicted octanol–water partition coefficient (Wildman–Crippen LogP) is 1.11. The SMILES string of the molecule is CC(=O)OC1C[C@H](OC(C)=O)[C@](C)(O)[C@@H]2[C@H](O)[C@]34O[C@@]3(C)C(=O)O[C@H]4/C=C(\C)CC[C@H](OC(C)=O)[C@@]12C. The minimum absolute atomic E-state index is 0.109. The van der Waals surface area contributed by atoms with Gasteiger partial charge in [0.25, 0.3) is 0 Å². The molecular weight excluding hydrogens is 488 g/mol. The van der Waals surface area contributed by atoms with Gasteiger partial charge in [0.1, 0.15) is 23.9 Å². The number of esters is 4. The normalized spacial score (nSPS) is 48.1. The number of rotatable bonds is 3. The number of aliphatic hydroxyl groups is 2. The van der Waals surface area contributed by atoms with E-state index in [4.69, 9.17) is 23.7 Å². The van der Waals surface area contributed by atoms with E-state index in [1.165, 1.54) is 34.6 Å². The van der Waals surface area contributed by atoms with Crippen LogP contribution >= 0.6 is 0 Å². The van der Waals surface area contributed by atoms with Gasteiger partial charge in [-0.25, -0.2) is 4.79 Å². The fourth-order valence-corrected chi connectivity index (χ4v) is 7.00. The fourth-order valence-electron chi connectivity index (χ4n) is 7.00. The molecule has 1 unspecified atom stereocenters. The van der Waals surface area contributed by atoms with Gasteiger partial charge < -0.3 is 33.9 Å². The number of ether oxygens (including phenoxy) is 5. The van der Waals surface area contributed by atoms with Crippen LogP contribution in [0.4, 0.5) is 0 Å². The lowest BCUT2D eigenvalue weighted by Crippen LogP contribution is -2.72. The van der Waals surface area contributed by atoms with Crippen molar-refractivity contribution >= 4 is 23.9 Å². The minimum atomic E-state index is -1.93. The summed E-state index contributed by atoms with van der Waals surface area (Å²) < 4.78 is 28.6. The predicted molar refractivity (Wildman–Crippen MR) is 125 cm³/mol. The third-order valence-corrected chi connectivity index (χ3v) is 8.81. The van der Waals surface area contributed by atoms with Crippen LogP contribution in [0.3, 0.4) is 0 Å². The number of hydrogen-bond donors (Lipinski definition) is 2. The van der Waals surface area contributed by atoms with Crippen molar-refractivity contribution < 1.29 is 53.1 Å². The van der Waals surface area contributed by atoms with E-state index < -0.39 is 82.5 Å². The second kappa shape index (κ2) is 8.78. The van der Waals surface area contributed by atoms with Crippen molar-refractivity contribution in [3.05, 3.63) is 11.6 Å². The van der Waals surface area contributed by atoms with Crippen molar-refractivity contribution in [3.8, 4) is 0 Å². The number of carbonyl (C=O) groups is 4. The highest BCUT2D eigenvalue weighted by molar-refractivity contribution is 5.89. The zero-order valence-electron chi connectivity index (χ0n) is 22.2. The maximum Gasteiger partial charge on any atom is 0.342 e. The van der Waals surface area contributed by atoms with E-state index in [2.05, 4.69) is 0 Å². The van der Waals surface area contributed by atoms with Gasteiger partial charge in [0.05, 0.1) is 11.5 Å². The van der Waals surface area contributed by atoms with E-state index in [1.54, 1.807) is 13.0 Å². The molecule has 3 fully saturated rings. The van der Waals surface area contributed by atoms with Gasteiger partial charge in [0.2, 0.25) is 0 Å². The van der Waals surface area contributed by atoms with Crippen molar-refractivity contribution in [1.29, 1.82) is 0 Å². The Bertz CT molecular complexity index is 1050. The van der Waals surface area contributed by atoms with Crippen LogP contribution in [0.5, 0.6) is 0 Å². The summed E-state index contributed by atoms with van der Waals surface area (Å²) in [5.74, 6) is -3.83. The number of allylic oxidation sites excluding steroid dienone is 1. The molecule has 11 heteroatoms. The number of epoxide rings is 1. The average Bonchev–Trinajstić information content (AvgIpc) is 3.35. The largest absolute Gasteiger partial charge is 0.462 e. The summed E-state index contributed by atoms with van der Waals surface area (Å²) in [6, 6.07) is 0. The van der Waals surface area contributed by atoms with Crippen molar-refractivity contribution in [2.24, 2.45) is 11.3 Å². The lowest BCUT2D eigenvalue weighted by Gasteiger charge is -2.59. The Morgan fingerprint density at radius 3 is 2.05 bits per heavy atom. The molecule has 0 radical (unpaired) electrons. The molecule has 206 valence electrons. The van der Waals surface area contributed by atoms with Crippen molar-refractivity contribution in [2.45, 2.75) is 115 Å². The first-order chi connectivity index (χ1) is 17.0. The van der Waals surface area contributed by atoms with Crippen LogP contribution in [-0.4, -0.2) is 81.4 Å². The van der Waals surface area contributed by atoms with Crippen molar-refractivity contribution in [2.75, 3.05) is 0 Å². The highest BCUT2D eigenvalue weighted by Gasteiger charge is 2.87. The quantitative estimate of drug-likeness (QED) is 0.236. The summed E-state index contributed by atoms with van der Waals surface area (Å²) >= 11 is 0. The van der Waals surface area contributed by atoms with Gasteiger partial charge in [-0.2, -0.15) is 0 Å². The molecule has 2 heterocycles. The van der Waals surface area contributed by atoms with Gasteiger partial charge >= 0.3 is 23.9 Å². The highest BCUT2D eigenvalue weighted by Crippen LogP contribution is 2.65. The van der Waals surface area contributed by atoms with Crippen molar-refractivity contribution in [3.63, 3.8) is 0 Å². The number of aliphatic hydroxyl groups excluding tert-OH is 1. The van der Waals surface area contributed by atoms with Gasteiger partial charge in [-0.15, -0.1) is 0 Å². The van der Waals surface area contributed by atoms with E-state index in [-0.39, 0.29) is 12.8 Å². The molecule has 4 rings (SSSR count). The Balaban J connectivity index is 1.97. The molecule has 37 heavy (non-hydrogen) atoms. The topological polar surface area (TPSA) is 158 Å². The van der Waals surface area contributed by atoms with Gasteiger partial charge in [-0.05, 0) is 39.7 Å². The van der Waals surface area contributed by atoms with E-state index in [1.807, 2.05) is 6.92 Å². The lowest BCUT2D eigenvalue weighted by molar-refractivity contribution is -0.274. The Hall–Kier alpha value is -2.50. The van der Waals surface area contributed by atoms with Crippen LogP contribution in [0.15, 0.2) is 11.6 Å². The van der Waals surface area contributed by atoms with Gasteiger partial charge in [0.15, 0.2) is 17.3 Å². The fraction of sp³-hybridized carbons (Fsp3) is 0.769. The molecule has 10 atom stereocenters. The van der Waals surface area contributed by atoms with Crippen LogP contribution in [0.1, 0.15) is 67.7 Å². The summed E-state index contributed by atoms with van der Waals surface area (Å²) in [6.07, 6.45) is -3.44. The Morgan fingerprint density at radius 1 is 0.973 bits per heavy atom. The third-order valence-electron chi connectivity index (χ3n) is 8.81. The zero-order chi connectivity index (χ0) is 27.7. The smallest absolute Gasteiger partial charge is 0.342 e. The number of carbonyl (C=O) groups excluding carboxylic acids is 4. The average molecular weight is 525 g/mol. The second-order valence-corrected chi connectivity index (χ2v) is 11.4. The van der Waals surface area contributed by atoms with Crippen LogP contribution in [0, 0.1) is 11.3 Å². The molecular formula is C26H36O11.